The van der Waals surface area contributed by atoms with Crippen LogP contribution in [0.1, 0.15) is 6.92 Å². The summed E-state index contributed by atoms with van der Waals surface area (Å²) >= 11 is 3.32. The summed E-state index contributed by atoms with van der Waals surface area (Å²) in [5.74, 6) is 0.155. The second-order valence-corrected chi connectivity index (χ2v) is 7.35. The van der Waals surface area contributed by atoms with Gasteiger partial charge in [-0.15, -0.1) is 0 Å². The zero-order valence-corrected chi connectivity index (χ0v) is 17.9. The smallest absolute Gasteiger partial charge is 0.279 e. The Hall–Kier alpha value is -3.32. The van der Waals surface area contributed by atoms with Crippen LogP contribution in [0.15, 0.2) is 83.3 Å². The van der Waals surface area contributed by atoms with Gasteiger partial charge in [-0.1, -0.05) is 58.4 Å². The second-order valence-electron chi connectivity index (χ2n) is 6.43. The zero-order valence-electron chi connectivity index (χ0n) is 16.3. The summed E-state index contributed by atoms with van der Waals surface area (Å²) < 4.78 is 11.9. The first-order chi connectivity index (χ1) is 14.5. The number of hydrogen-bond donors (Lipinski definition) is 2. The average molecular weight is 469 g/mol. The van der Waals surface area contributed by atoms with Crippen LogP contribution < -0.4 is 20.3 Å². The lowest BCUT2D eigenvalue weighted by molar-refractivity contribution is -0.133. The van der Waals surface area contributed by atoms with Crippen molar-refractivity contribution in [3.05, 3.63) is 83.3 Å². The molecule has 0 saturated carbocycles. The Morgan fingerprint density at radius 1 is 0.833 bits per heavy atom. The van der Waals surface area contributed by atoms with Crippen LogP contribution in [0.25, 0.3) is 11.1 Å². The Morgan fingerprint density at radius 2 is 1.43 bits per heavy atom. The quantitative estimate of drug-likeness (QED) is 0.511. The zero-order chi connectivity index (χ0) is 21.3. The summed E-state index contributed by atoms with van der Waals surface area (Å²) in [7, 11) is 0. The van der Waals surface area contributed by atoms with Gasteiger partial charge in [0.25, 0.3) is 11.8 Å². The Morgan fingerprint density at radius 3 is 2.10 bits per heavy atom. The molecule has 0 fully saturated rings. The van der Waals surface area contributed by atoms with Gasteiger partial charge in [0.15, 0.2) is 12.7 Å². The molecule has 0 aliphatic heterocycles. The molecule has 154 valence electrons. The fraction of sp³-hybridized carbons (Fsp3) is 0.130. The van der Waals surface area contributed by atoms with E-state index in [-0.39, 0.29) is 6.61 Å². The van der Waals surface area contributed by atoms with Crippen molar-refractivity contribution < 1.29 is 19.1 Å². The number of carbonyl (C=O) groups excluding carboxylic acids is 2. The highest BCUT2D eigenvalue weighted by atomic mass is 79.9. The van der Waals surface area contributed by atoms with Crippen molar-refractivity contribution >= 4 is 27.7 Å². The summed E-state index contributed by atoms with van der Waals surface area (Å²) in [6.07, 6.45) is -0.791. The van der Waals surface area contributed by atoms with Crippen molar-refractivity contribution in [3.63, 3.8) is 0 Å². The van der Waals surface area contributed by atoms with Crippen LogP contribution in [0.5, 0.6) is 11.5 Å². The molecule has 0 aliphatic carbocycles. The van der Waals surface area contributed by atoms with Gasteiger partial charge < -0.3 is 9.47 Å². The fourth-order valence-corrected chi connectivity index (χ4v) is 2.83. The van der Waals surface area contributed by atoms with E-state index in [1.807, 2.05) is 42.5 Å². The highest BCUT2D eigenvalue weighted by Crippen LogP contribution is 2.22. The maximum atomic E-state index is 12.2. The van der Waals surface area contributed by atoms with E-state index < -0.39 is 17.9 Å². The molecule has 2 N–H and O–H groups in total. The third-order valence-corrected chi connectivity index (χ3v) is 4.68. The largest absolute Gasteiger partial charge is 0.484 e. The Bertz CT molecular complexity index is 976. The van der Waals surface area contributed by atoms with E-state index in [9.17, 15) is 9.59 Å². The summed E-state index contributed by atoms with van der Waals surface area (Å²) in [6, 6.07) is 24.5. The standard InChI is InChI=1S/C23H21BrN2O4/c1-16(30-21-11-7-18(8-12-21)17-5-3-2-4-6-17)23(28)26-25-22(27)15-29-20-13-9-19(24)10-14-20/h2-14,16H,15H2,1H3,(H,25,27)(H,26,28). The number of benzene rings is 3. The molecule has 3 aromatic carbocycles. The molecular weight excluding hydrogens is 448 g/mol. The normalized spacial score (nSPS) is 11.3. The molecule has 0 spiro atoms. The molecule has 3 rings (SSSR count). The molecule has 0 bridgehead atoms. The lowest BCUT2D eigenvalue weighted by Gasteiger charge is -2.15. The highest BCUT2D eigenvalue weighted by Gasteiger charge is 2.15. The third-order valence-electron chi connectivity index (χ3n) is 4.15. The first kappa shape index (κ1) is 21.4. The minimum atomic E-state index is -0.791. The van der Waals surface area contributed by atoms with Gasteiger partial charge in [0, 0.05) is 4.47 Å². The van der Waals surface area contributed by atoms with E-state index in [0.717, 1.165) is 15.6 Å². The Labute approximate surface area is 183 Å². The number of hydrogen-bond acceptors (Lipinski definition) is 4. The third kappa shape index (κ3) is 6.35. The van der Waals surface area contributed by atoms with Gasteiger partial charge in [0.1, 0.15) is 11.5 Å². The molecule has 6 nitrogen and oxygen atoms in total. The topological polar surface area (TPSA) is 76.7 Å². The number of nitrogens with one attached hydrogen (secondary N) is 2. The lowest BCUT2D eigenvalue weighted by Crippen LogP contribution is -2.48. The second kappa shape index (κ2) is 10.5. The number of hydrazine groups is 1. The van der Waals surface area contributed by atoms with E-state index in [0.29, 0.717) is 11.5 Å². The molecule has 3 aromatic rings. The van der Waals surface area contributed by atoms with Crippen molar-refractivity contribution in [2.45, 2.75) is 13.0 Å². The lowest BCUT2D eigenvalue weighted by atomic mass is 10.1. The molecule has 0 saturated heterocycles. The number of amides is 2. The van der Waals surface area contributed by atoms with Gasteiger partial charge in [-0.2, -0.15) is 0 Å². The first-order valence-electron chi connectivity index (χ1n) is 9.30. The molecule has 1 atom stereocenters. The summed E-state index contributed by atoms with van der Waals surface area (Å²) in [5, 5.41) is 0. The van der Waals surface area contributed by atoms with Gasteiger partial charge in [0.05, 0.1) is 0 Å². The van der Waals surface area contributed by atoms with Gasteiger partial charge in [-0.05, 0) is 54.4 Å². The molecule has 0 heterocycles. The molecule has 30 heavy (non-hydrogen) atoms. The fourth-order valence-electron chi connectivity index (χ4n) is 2.56. The minimum Gasteiger partial charge on any atom is -0.484 e. The predicted molar refractivity (Wildman–Crippen MR) is 118 cm³/mol. The van der Waals surface area contributed by atoms with Crippen LogP contribution in [-0.4, -0.2) is 24.5 Å². The molecule has 7 heteroatoms. The molecule has 0 aliphatic rings. The first-order valence-corrected chi connectivity index (χ1v) is 10.1. The monoisotopic (exact) mass is 468 g/mol. The van der Waals surface area contributed by atoms with Gasteiger partial charge in [-0.3, -0.25) is 20.4 Å². The van der Waals surface area contributed by atoms with Gasteiger partial charge >= 0.3 is 0 Å². The maximum absolute atomic E-state index is 12.2. The van der Waals surface area contributed by atoms with Crippen molar-refractivity contribution in [2.24, 2.45) is 0 Å². The Balaban J connectivity index is 1.43. The van der Waals surface area contributed by atoms with Crippen molar-refractivity contribution in [2.75, 3.05) is 6.61 Å². The van der Waals surface area contributed by atoms with Crippen LogP contribution in [-0.2, 0) is 9.59 Å². The van der Waals surface area contributed by atoms with E-state index in [4.69, 9.17) is 9.47 Å². The maximum Gasteiger partial charge on any atom is 0.279 e. The number of rotatable bonds is 7. The van der Waals surface area contributed by atoms with Crippen LogP contribution >= 0.6 is 15.9 Å². The van der Waals surface area contributed by atoms with Gasteiger partial charge in [-0.25, -0.2) is 0 Å². The molecule has 2 amide bonds. The predicted octanol–water partition coefficient (Wildman–Crippen LogP) is 4.11. The van der Waals surface area contributed by atoms with Crippen LogP contribution in [0.2, 0.25) is 0 Å². The van der Waals surface area contributed by atoms with Gasteiger partial charge in [0.2, 0.25) is 0 Å². The van der Waals surface area contributed by atoms with Crippen LogP contribution in [0, 0.1) is 0 Å². The summed E-state index contributed by atoms with van der Waals surface area (Å²) in [5.41, 5.74) is 6.80. The number of ether oxygens (including phenoxy) is 2. The average Bonchev–Trinajstić information content (AvgIpc) is 2.78. The summed E-state index contributed by atoms with van der Waals surface area (Å²) in [4.78, 5) is 24.0. The van der Waals surface area contributed by atoms with Crippen LogP contribution in [0.3, 0.4) is 0 Å². The van der Waals surface area contributed by atoms with Crippen LogP contribution in [0.4, 0.5) is 0 Å². The molecule has 1 unspecified atom stereocenters. The summed E-state index contributed by atoms with van der Waals surface area (Å²) in [6.45, 7) is 1.38. The van der Waals surface area contributed by atoms with E-state index in [1.54, 1.807) is 43.3 Å². The van der Waals surface area contributed by atoms with Crippen molar-refractivity contribution in [1.82, 2.24) is 10.9 Å². The van der Waals surface area contributed by atoms with E-state index in [1.165, 1.54) is 0 Å². The van der Waals surface area contributed by atoms with Crippen molar-refractivity contribution in [3.8, 4) is 22.6 Å². The number of carbonyl (C=O) groups is 2. The van der Waals surface area contributed by atoms with Crippen molar-refractivity contribution in [1.29, 1.82) is 0 Å². The number of halogens is 1. The highest BCUT2D eigenvalue weighted by molar-refractivity contribution is 9.10. The molecular formula is C23H21BrN2O4. The molecule has 0 aromatic heterocycles. The molecule has 0 radical (unpaired) electrons. The SMILES string of the molecule is CC(Oc1ccc(-c2ccccc2)cc1)C(=O)NNC(=O)COc1ccc(Br)cc1. The van der Waals surface area contributed by atoms with E-state index >= 15 is 0 Å². The minimum absolute atomic E-state index is 0.224. The van der Waals surface area contributed by atoms with E-state index in [2.05, 4.69) is 26.8 Å². The Kier molecular flexibility index (Phi) is 7.45.